The van der Waals surface area contributed by atoms with E-state index in [2.05, 4.69) is 193 Å². The van der Waals surface area contributed by atoms with E-state index in [1.807, 2.05) is 0 Å². The lowest BCUT2D eigenvalue weighted by Gasteiger charge is -2.37. The molecule has 2 nitrogen and oxygen atoms in total. The number of nitrogens with zero attached hydrogens (tertiary/aromatic N) is 1. The monoisotopic (exact) mass is 640 g/mol. The molecule has 1 aliphatic carbocycles. The molecule has 0 aromatic heterocycles. The highest BCUT2D eigenvalue weighted by atomic mass is 15.3. The Kier molecular flexibility index (Phi) is 6.63. The predicted molar refractivity (Wildman–Crippen MR) is 214 cm³/mol. The van der Waals surface area contributed by atoms with Crippen molar-refractivity contribution in [3.8, 4) is 22.3 Å². The van der Waals surface area contributed by atoms with Gasteiger partial charge < -0.3 is 10.2 Å². The van der Waals surface area contributed by atoms with Crippen molar-refractivity contribution in [2.24, 2.45) is 5.92 Å². The molecular formula is C48H36N2. The van der Waals surface area contributed by atoms with Gasteiger partial charge in [-0.15, -0.1) is 0 Å². The van der Waals surface area contributed by atoms with Crippen molar-refractivity contribution in [2.75, 3.05) is 10.2 Å². The summed E-state index contributed by atoms with van der Waals surface area (Å²) in [6.07, 6.45) is 9.04. The summed E-state index contributed by atoms with van der Waals surface area (Å²) >= 11 is 0. The predicted octanol–water partition coefficient (Wildman–Crippen LogP) is 12.7. The fourth-order valence-corrected chi connectivity index (χ4v) is 8.48. The number of rotatable bonds is 4. The molecule has 50 heavy (non-hydrogen) atoms. The zero-order chi connectivity index (χ0) is 33.2. The van der Waals surface area contributed by atoms with Gasteiger partial charge in [0.15, 0.2) is 0 Å². The van der Waals surface area contributed by atoms with E-state index in [-0.39, 0.29) is 12.2 Å². The van der Waals surface area contributed by atoms with Crippen LogP contribution in [0.4, 0.5) is 11.4 Å². The van der Waals surface area contributed by atoms with Gasteiger partial charge in [-0.05, 0) is 107 Å². The first-order valence-electron chi connectivity index (χ1n) is 17.7. The van der Waals surface area contributed by atoms with Crippen LogP contribution in [0.15, 0.2) is 176 Å². The van der Waals surface area contributed by atoms with E-state index in [1.54, 1.807) is 0 Å². The van der Waals surface area contributed by atoms with Crippen LogP contribution in [0, 0.1) is 5.92 Å². The van der Waals surface area contributed by atoms with Crippen molar-refractivity contribution in [2.45, 2.75) is 19.1 Å². The smallest absolute Gasteiger partial charge is 0.126 e. The second-order valence-electron chi connectivity index (χ2n) is 13.8. The molecule has 1 N–H and O–H groups in total. The van der Waals surface area contributed by atoms with Gasteiger partial charge in [-0.2, -0.15) is 0 Å². The summed E-state index contributed by atoms with van der Waals surface area (Å²) in [5, 5.41) is 14.0. The molecule has 8 aromatic rings. The topological polar surface area (TPSA) is 15.3 Å². The maximum absolute atomic E-state index is 3.94. The van der Waals surface area contributed by atoms with Crippen LogP contribution in [0.2, 0.25) is 0 Å². The van der Waals surface area contributed by atoms with Gasteiger partial charge in [0.05, 0.1) is 17.4 Å². The Morgan fingerprint density at radius 3 is 1.72 bits per heavy atom. The van der Waals surface area contributed by atoms with Crippen molar-refractivity contribution in [1.29, 1.82) is 0 Å². The standard InChI is InChI=1S/C48H36N2/c1-31-12-2-10-20-44(31)50-45-21-11-9-19-43(45)49-48(50)38-26-27-41-42(30-38)47(37-25-23-33-14-4-6-16-35(33)29-37)40-18-8-7-17-39(40)46(41)36-24-22-32-13-3-5-15-34(32)28-36/h2-31,44,48-49H,1H3. The van der Waals surface area contributed by atoms with Gasteiger partial charge in [0, 0.05) is 0 Å². The van der Waals surface area contributed by atoms with E-state index in [0.29, 0.717) is 5.92 Å². The number of hydrogen-bond acceptors (Lipinski definition) is 2. The van der Waals surface area contributed by atoms with Crippen molar-refractivity contribution < 1.29 is 0 Å². The first-order valence-corrected chi connectivity index (χ1v) is 17.7. The molecule has 0 radical (unpaired) electrons. The molecule has 0 saturated heterocycles. The zero-order valence-corrected chi connectivity index (χ0v) is 27.9. The number of allylic oxidation sites excluding steroid dienone is 2. The van der Waals surface area contributed by atoms with E-state index in [9.17, 15) is 0 Å². The van der Waals surface area contributed by atoms with Crippen molar-refractivity contribution in [1.82, 2.24) is 0 Å². The van der Waals surface area contributed by atoms with Gasteiger partial charge in [-0.1, -0.05) is 153 Å². The first kappa shape index (κ1) is 28.9. The molecule has 2 aliphatic rings. The molecule has 8 aromatic carbocycles. The summed E-state index contributed by atoms with van der Waals surface area (Å²) in [5.74, 6) is 0.382. The summed E-state index contributed by atoms with van der Waals surface area (Å²) in [6, 6.07) is 56.4. The highest BCUT2D eigenvalue weighted by Gasteiger charge is 2.36. The largest absolute Gasteiger partial charge is 0.360 e. The number of anilines is 2. The lowest BCUT2D eigenvalue weighted by Crippen LogP contribution is -2.40. The van der Waals surface area contributed by atoms with Gasteiger partial charge in [0.1, 0.15) is 6.17 Å². The Morgan fingerprint density at radius 1 is 0.480 bits per heavy atom. The fraction of sp³-hybridized carbons (Fsp3) is 0.0833. The van der Waals surface area contributed by atoms with Crippen LogP contribution in [-0.4, -0.2) is 6.04 Å². The van der Waals surface area contributed by atoms with E-state index in [0.717, 1.165) is 0 Å². The van der Waals surface area contributed by atoms with Crippen LogP contribution in [0.25, 0.3) is 65.3 Å². The van der Waals surface area contributed by atoms with E-state index < -0.39 is 0 Å². The Morgan fingerprint density at radius 2 is 1.04 bits per heavy atom. The molecule has 10 rings (SSSR count). The normalized spacial score (nSPS) is 18.3. The summed E-state index contributed by atoms with van der Waals surface area (Å²) in [5.41, 5.74) is 8.72. The maximum atomic E-state index is 3.94. The summed E-state index contributed by atoms with van der Waals surface area (Å²) in [4.78, 5) is 2.59. The number of hydrogen-bond donors (Lipinski definition) is 1. The molecule has 0 amide bonds. The molecular weight excluding hydrogens is 605 g/mol. The lowest BCUT2D eigenvalue weighted by atomic mass is 9.84. The number of nitrogens with one attached hydrogen (secondary N) is 1. The minimum atomic E-state index is -0.0135. The highest BCUT2D eigenvalue weighted by molar-refractivity contribution is 6.22. The van der Waals surface area contributed by atoms with E-state index >= 15 is 0 Å². The quantitative estimate of drug-likeness (QED) is 0.193. The van der Waals surface area contributed by atoms with Gasteiger partial charge in [0.2, 0.25) is 0 Å². The van der Waals surface area contributed by atoms with Crippen molar-refractivity contribution in [3.63, 3.8) is 0 Å². The van der Waals surface area contributed by atoms with Crippen molar-refractivity contribution in [3.05, 3.63) is 182 Å². The zero-order valence-electron chi connectivity index (χ0n) is 27.9. The van der Waals surface area contributed by atoms with E-state index in [1.165, 1.54) is 82.3 Å². The SMILES string of the molecule is CC1C=CC=CC1N1c2ccccc2NC1c1ccc2c(-c3ccc4ccccc4c3)c3ccccc3c(-c3ccc4ccccc4c3)c2c1. The van der Waals surface area contributed by atoms with Gasteiger partial charge in [0.25, 0.3) is 0 Å². The lowest BCUT2D eigenvalue weighted by molar-refractivity contribution is 0.535. The molecule has 3 unspecified atom stereocenters. The van der Waals surface area contributed by atoms with Crippen LogP contribution in [0.3, 0.4) is 0 Å². The Hall–Kier alpha value is -6.12. The minimum Gasteiger partial charge on any atom is -0.360 e. The molecule has 1 heterocycles. The minimum absolute atomic E-state index is 0.0135. The third-order valence-corrected chi connectivity index (χ3v) is 10.9. The molecule has 3 atom stereocenters. The van der Waals surface area contributed by atoms with Crippen LogP contribution < -0.4 is 10.2 Å². The van der Waals surface area contributed by atoms with Crippen LogP contribution >= 0.6 is 0 Å². The third kappa shape index (κ3) is 4.56. The second kappa shape index (κ2) is 11.5. The Balaban J connectivity index is 1.26. The van der Waals surface area contributed by atoms with Crippen LogP contribution in [0.5, 0.6) is 0 Å². The molecule has 0 spiro atoms. The molecule has 0 saturated carbocycles. The molecule has 1 aliphatic heterocycles. The maximum Gasteiger partial charge on any atom is 0.126 e. The van der Waals surface area contributed by atoms with Crippen LogP contribution in [0.1, 0.15) is 18.7 Å². The summed E-state index contributed by atoms with van der Waals surface area (Å²) in [7, 11) is 0. The Labute approximate surface area is 292 Å². The average Bonchev–Trinajstić information content (AvgIpc) is 3.56. The molecule has 238 valence electrons. The molecule has 0 bridgehead atoms. The highest BCUT2D eigenvalue weighted by Crippen LogP contribution is 2.48. The van der Waals surface area contributed by atoms with Gasteiger partial charge >= 0.3 is 0 Å². The molecule has 2 heteroatoms. The van der Waals surface area contributed by atoms with Gasteiger partial charge in [-0.3, -0.25) is 0 Å². The number of fused-ring (bicyclic) bond motifs is 5. The van der Waals surface area contributed by atoms with E-state index in [4.69, 9.17) is 0 Å². The molecule has 0 fully saturated rings. The number of benzene rings is 8. The average molecular weight is 641 g/mol. The van der Waals surface area contributed by atoms with Crippen LogP contribution in [-0.2, 0) is 0 Å². The summed E-state index contributed by atoms with van der Waals surface area (Å²) in [6.45, 7) is 2.32. The number of para-hydroxylation sites is 2. The van der Waals surface area contributed by atoms with Gasteiger partial charge in [-0.25, -0.2) is 0 Å². The second-order valence-corrected chi connectivity index (χ2v) is 13.8. The fourth-order valence-electron chi connectivity index (χ4n) is 8.48. The van der Waals surface area contributed by atoms with Crippen molar-refractivity contribution >= 4 is 54.5 Å². The third-order valence-electron chi connectivity index (χ3n) is 10.9. The Bertz CT molecular complexity index is 2680. The first-order chi connectivity index (χ1) is 24.7. The summed E-state index contributed by atoms with van der Waals surface area (Å²) < 4.78 is 0.